The van der Waals surface area contributed by atoms with E-state index in [0.717, 1.165) is 34.8 Å². The second-order valence-corrected chi connectivity index (χ2v) is 8.61. The number of carbonyl (C=O) groups is 1. The van der Waals surface area contributed by atoms with E-state index in [1.54, 1.807) is 12.1 Å². The van der Waals surface area contributed by atoms with E-state index < -0.39 is 5.97 Å². The summed E-state index contributed by atoms with van der Waals surface area (Å²) in [5.41, 5.74) is 3.02. The van der Waals surface area contributed by atoms with Crippen molar-refractivity contribution in [3.8, 4) is 11.1 Å². The summed E-state index contributed by atoms with van der Waals surface area (Å²) in [6.45, 7) is 0. The number of benzene rings is 2. The van der Waals surface area contributed by atoms with Crippen LogP contribution in [0.1, 0.15) is 72.0 Å². The Hall–Kier alpha value is -2.86. The number of nitrogens with one attached hydrogen (secondary N) is 1. The number of aromatic amines is 1. The van der Waals surface area contributed by atoms with E-state index in [1.165, 1.54) is 32.1 Å². The molecule has 0 saturated heterocycles. The van der Waals surface area contributed by atoms with Crippen LogP contribution in [0.3, 0.4) is 0 Å². The monoisotopic (exact) mass is 433 g/mol. The summed E-state index contributed by atoms with van der Waals surface area (Å²) >= 11 is 5.16. The van der Waals surface area contributed by atoms with Crippen molar-refractivity contribution in [2.75, 3.05) is 0 Å². The summed E-state index contributed by atoms with van der Waals surface area (Å²) in [5, 5.41) is 18.9. The van der Waals surface area contributed by atoms with E-state index >= 15 is 0 Å². The predicted molar refractivity (Wildman–Crippen MR) is 126 cm³/mol. The average molecular weight is 434 g/mol. The molecule has 5 nitrogen and oxygen atoms in total. The molecule has 1 atom stereocenters. The van der Waals surface area contributed by atoms with E-state index in [1.807, 2.05) is 41.8 Å². The van der Waals surface area contributed by atoms with Gasteiger partial charge in [-0.25, -0.2) is 9.78 Å². The molecule has 1 unspecified atom stereocenters. The summed E-state index contributed by atoms with van der Waals surface area (Å²) in [5.74, 6) is 1.73. The number of aromatic carboxylic acids is 1. The van der Waals surface area contributed by atoms with Gasteiger partial charge in [0.2, 0.25) is 0 Å². The van der Waals surface area contributed by atoms with Crippen molar-refractivity contribution in [1.82, 2.24) is 15.2 Å². The summed E-state index contributed by atoms with van der Waals surface area (Å²) in [6, 6.07) is 15.0. The Kier molecular flexibility index (Phi) is 6.87. The fraction of sp³-hybridized carbons (Fsp3) is 0.360. The molecule has 1 saturated carbocycles. The van der Waals surface area contributed by atoms with Gasteiger partial charge < -0.3 is 5.11 Å². The molecular weight excluding hydrogens is 406 g/mol. The van der Waals surface area contributed by atoms with Gasteiger partial charge >= 0.3 is 5.97 Å². The fourth-order valence-electron chi connectivity index (χ4n) is 4.62. The largest absolute Gasteiger partial charge is 0.478 e. The molecule has 0 aliphatic heterocycles. The van der Waals surface area contributed by atoms with Crippen LogP contribution in [0.5, 0.6) is 0 Å². The molecule has 2 aromatic carbocycles. The van der Waals surface area contributed by atoms with Gasteiger partial charge in [-0.1, -0.05) is 73.9 Å². The van der Waals surface area contributed by atoms with Crippen LogP contribution >= 0.6 is 12.2 Å². The molecule has 1 aliphatic carbocycles. The first-order valence-corrected chi connectivity index (χ1v) is 11.4. The first-order valence-electron chi connectivity index (χ1n) is 10.9. The third-order valence-electron chi connectivity index (χ3n) is 6.24. The molecule has 6 heteroatoms. The lowest BCUT2D eigenvalue weighted by Crippen LogP contribution is -2.18. The smallest absolute Gasteiger partial charge is 0.336 e. The van der Waals surface area contributed by atoms with E-state index in [0.29, 0.717) is 23.8 Å². The van der Waals surface area contributed by atoms with Gasteiger partial charge in [-0.2, -0.15) is 5.10 Å². The van der Waals surface area contributed by atoms with Crippen LogP contribution in [-0.2, 0) is 6.42 Å². The molecule has 1 aromatic heterocycles. The molecule has 0 bridgehead atoms. The predicted octanol–water partition coefficient (Wildman–Crippen LogP) is 5.81. The lowest BCUT2D eigenvalue weighted by atomic mass is 9.78. The van der Waals surface area contributed by atoms with Crippen LogP contribution in [-0.4, -0.2) is 31.6 Å². The summed E-state index contributed by atoms with van der Waals surface area (Å²) in [4.78, 5) is 16.3. The lowest BCUT2D eigenvalue weighted by molar-refractivity contribution is 0.0697. The van der Waals surface area contributed by atoms with E-state index in [2.05, 4.69) is 10.2 Å². The molecule has 0 amide bonds. The molecule has 1 aliphatic rings. The molecule has 160 valence electrons. The Morgan fingerprint density at radius 1 is 1.13 bits per heavy atom. The van der Waals surface area contributed by atoms with Crippen molar-refractivity contribution >= 4 is 23.6 Å². The van der Waals surface area contributed by atoms with Crippen LogP contribution in [0.2, 0.25) is 0 Å². The fourth-order valence-corrected chi connectivity index (χ4v) is 4.83. The molecular formula is C25H27N3O2S. The molecule has 31 heavy (non-hydrogen) atoms. The van der Waals surface area contributed by atoms with E-state index in [-0.39, 0.29) is 0 Å². The Balaban J connectivity index is 1.48. The van der Waals surface area contributed by atoms with Gasteiger partial charge in [0.25, 0.3) is 0 Å². The van der Waals surface area contributed by atoms with E-state index in [9.17, 15) is 9.90 Å². The van der Waals surface area contributed by atoms with Crippen molar-refractivity contribution in [2.24, 2.45) is 5.92 Å². The molecule has 2 N–H and O–H groups in total. The van der Waals surface area contributed by atoms with Gasteiger partial charge in [0.1, 0.15) is 5.82 Å². The second kappa shape index (κ2) is 9.96. The standard InChI is InChI=1S/C25H27N3O2S/c29-25(30)22-9-5-4-8-20(22)19-12-10-17(11-13-19)16-23-26-24(28-27-23)21(14-15-31)18-6-2-1-3-7-18/h4-5,8-13,15,18,21H,1-3,6-7,14,16H2,(H,29,30)(H,26,27,28). The van der Waals surface area contributed by atoms with Gasteiger partial charge in [-0.15, -0.1) is 0 Å². The molecule has 1 heterocycles. The Morgan fingerprint density at radius 3 is 2.58 bits per heavy atom. The van der Waals surface area contributed by atoms with Crippen molar-refractivity contribution in [1.29, 1.82) is 0 Å². The van der Waals surface area contributed by atoms with Gasteiger partial charge in [-0.3, -0.25) is 5.10 Å². The lowest BCUT2D eigenvalue weighted by Gasteiger charge is -2.27. The molecule has 3 aromatic rings. The SMILES string of the molecule is O=C(O)c1ccccc1-c1ccc(Cc2nc(C(CC=S)C3CCCCC3)n[nH]2)cc1. The average Bonchev–Trinajstić information content (AvgIpc) is 3.26. The van der Waals surface area contributed by atoms with Crippen LogP contribution in [0, 0.1) is 5.92 Å². The number of nitrogens with zero attached hydrogens (tertiary/aromatic N) is 2. The van der Waals surface area contributed by atoms with Crippen molar-refractivity contribution in [2.45, 2.75) is 50.9 Å². The number of aromatic nitrogens is 3. The van der Waals surface area contributed by atoms with Crippen LogP contribution in [0.4, 0.5) is 0 Å². The van der Waals surface area contributed by atoms with Crippen LogP contribution in [0.15, 0.2) is 48.5 Å². The minimum atomic E-state index is -0.919. The Bertz CT molecular complexity index is 1040. The van der Waals surface area contributed by atoms with Gasteiger partial charge in [-0.05, 0) is 53.3 Å². The minimum Gasteiger partial charge on any atom is -0.478 e. The summed E-state index contributed by atoms with van der Waals surface area (Å²) in [7, 11) is 0. The van der Waals surface area contributed by atoms with Crippen LogP contribution in [0.25, 0.3) is 11.1 Å². The number of hydrogen-bond donors (Lipinski definition) is 2. The zero-order valence-electron chi connectivity index (χ0n) is 17.5. The summed E-state index contributed by atoms with van der Waals surface area (Å²) in [6.07, 6.45) is 7.86. The first-order chi connectivity index (χ1) is 15.2. The minimum absolute atomic E-state index is 0.303. The highest BCUT2D eigenvalue weighted by atomic mass is 32.1. The highest BCUT2D eigenvalue weighted by Crippen LogP contribution is 2.36. The highest BCUT2D eigenvalue weighted by molar-refractivity contribution is 7.78. The molecule has 0 spiro atoms. The Morgan fingerprint density at radius 2 is 1.87 bits per heavy atom. The third-order valence-corrected chi connectivity index (χ3v) is 6.44. The zero-order chi connectivity index (χ0) is 21.6. The first kappa shape index (κ1) is 21.4. The van der Waals surface area contributed by atoms with Crippen molar-refractivity contribution in [3.05, 3.63) is 71.3 Å². The number of thiocarbonyl (C=S) groups is 1. The van der Waals surface area contributed by atoms with Crippen molar-refractivity contribution in [3.63, 3.8) is 0 Å². The maximum Gasteiger partial charge on any atom is 0.336 e. The maximum absolute atomic E-state index is 11.5. The Labute approximate surface area is 187 Å². The topological polar surface area (TPSA) is 78.9 Å². The molecule has 1 fully saturated rings. The van der Waals surface area contributed by atoms with Crippen LogP contribution < -0.4 is 0 Å². The van der Waals surface area contributed by atoms with Gasteiger partial charge in [0, 0.05) is 12.3 Å². The number of carboxylic acids is 1. The number of H-pyrrole nitrogens is 1. The normalized spacial score (nSPS) is 15.5. The van der Waals surface area contributed by atoms with E-state index in [4.69, 9.17) is 17.2 Å². The molecule has 0 radical (unpaired) electrons. The quantitative estimate of drug-likeness (QED) is 0.438. The maximum atomic E-state index is 11.5. The second-order valence-electron chi connectivity index (χ2n) is 8.27. The number of rotatable bonds is 8. The molecule has 4 rings (SSSR count). The van der Waals surface area contributed by atoms with Crippen molar-refractivity contribution < 1.29 is 9.90 Å². The third kappa shape index (κ3) is 5.07. The van der Waals surface area contributed by atoms with Gasteiger partial charge in [0.05, 0.1) is 5.56 Å². The zero-order valence-corrected chi connectivity index (χ0v) is 18.3. The summed E-state index contributed by atoms with van der Waals surface area (Å²) < 4.78 is 0. The van der Waals surface area contributed by atoms with Gasteiger partial charge in [0.15, 0.2) is 5.82 Å². The highest BCUT2D eigenvalue weighted by Gasteiger charge is 2.27. The number of carboxylic acid groups (broad SMARTS) is 1. The number of hydrogen-bond acceptors (Lipinski definition) is 4.